The Morgan fingerprint density at radius 3 is 2.48 bits per heavy atom. The molecular formula is C21H16BrF3N2O6. The van der Waals surface area contributed by atoms with Crippen LogP contribution in [0.25, 0.3) is 10.9 Å². The number of nitrogens with zero attached hydrogens (tertiary/aromatic N) is 1. The predicted molar refractivity (Wildman–Crippen MR) is 113 cm³/mol. The zero-order valence-electron chi connectivity index (χ0n) is 16.6. The Bertz CT molecular complexity index is 1300. The van der Waals surface area contributed by atoms with Crippen molar-refractivity contribution in [3.63, 3.8) is 0 Å². The van der Waals surface area contributed by atoms with Crippen molar-refractivity contribution >= 4 is 32.7 Å². The van der Waals surface area contributed by atoms with Gasteiger partial charge in [0.25, 0.3) is 11.5 Å². The molecule has 33 heavy (non-hydrogen) atoms. The van der Waals surface area contributed by atoms with Gasteiger partial charge in [-0.25, -0.2) is 0 Å². The highest BCUT2D eigenvalue weighted by Gasteiger charge is 2.34. The van der Waals surface area contributed by atoms with Crippen LogP contribution in [0.15, 0.2) is 45.7 Å². The largest absolute Gasteiger partial charge is 0.506 e. The minimum atomic E-state index is -4.54. The van der Waals surface area contributed by atoms with E-state index in [1.54, 1.807) is 6.07 Å². The van der Waals surface area contributed by atoms with Crippen LogP contribution in [0.2, 0.25) is 0 Å². The normalized spacial score (nSPS) is 15.5. The Hall–Kier alpha value is -3.09. The van der Waals surface area contributed by atoms with Gasteiger partial charge < -0.3 is 25.4 Å². The van der Waals surface area contributed by atoms with E-state index < -0.39 is 53.4 Å². The molecule has 174 valence electrons. The molecule has 3 aromatic rings. The maximum Gasteiger partial charge on any atom is 0.416 e. The summed E-state index contributed by atoms with van der Waals surface area (Å²) in [5, 5.41) is 30.9. The number of pyridine rings is 1. The van der Waals surface area contributed by atoms with Gasteiger partial charge in [0.1, 0.15) is 17.9 Å². The average Bonchev–Trinajstić information content (AvgIpc) is 2.76. The summed E-state index contributed by atoms with van der Waals surface area (Å²) in [5.41, 5.74) is -1.95. The molecule has 2 heterocycles. The van der Waals surface area contributed by atoms with Crippen LogP contribution < -0.4 is 15.6 Å². The second-order valence-corrected chi connectivity index (χ2v) is 8.16. The average molecular weight is 529 g/mol. The lowest BCUT2D eigenvalue weighted by molar-refractivity contribution is -0.137. The van der Waals surface area contributed by atoms with Gasteiger partial charge in [-0.2, -0.15) is 13.2 Å². The molecule has 0 bridgehead atoms. The molecule has 1 amide bonds. The van der Waals surface area contributed by atoms with Crippen LogP contribution in [-0.4, -0.2) is 45.2 Å². The monoisotopic (exact) mass is 528 g/mol. The van der Waals surface area contributed by atoms with Crippen molar-refractivity contribution in [3.8, 4) is 11.5 Å². The van der Waals surface area contributed by atoms with E-state index in [9.17, 15) is 27.9 Å². The number of carbonyl (C=O) groups excluding carboxylic acids is 1. The SMILES string of the molecule is O=C(NCC(O)O)c1c(O)c2ccc(Br)c3c2n(c1=O)C(c1ccc(C(F)(F)F)cc1)CO3. The molecule has 0 radical (unpaired) electrons. The molecule has 0 fully saturated rings. The van der Waals surface area contributed by atoms with Crippen LogP contribution in [0, 0.1) is 0 Å². The summed E-state index contributed by atoms with van der Waals surface area (Å²) in [6, 6.07) is 6.28. The van der Waals surface area contributed by atoms with Crippen LogP contribution in [0.3, 0.4) is 0 Å². The predicted octanol–water partition coefficient (Wildman–Crippen LogP) is 2.51. The fraction of sp³-hybridized carbons (Fsp3) is 0.238. The molecule has 0 saturated heterocycles. The maximum absolute atomic E-state index is 13.4. The number of aromatic nitrogens is 1. The van der Waals surface area contributed by atoms with Crippen LogP contribution in [0.4, 0.5) is 13.2 Å². The van der Waals surface area contributed by atoms with E-state index in [4.69, 9.17) is 14.9 Å². The van der Waals surface area contributed by atoms with Gasteiger partial charge in [-0.15, -0.1) is 0 Å². The number of aliphatic hydroxyl groups excluding tert-OH is 1. The molecule has 1 unspecified atom stereocenters. The Morgan fingerprint density at radius 2 is 1.88 bits per heavy atom. The minimum absolute atomic E-state index is 0.0964. The number of halogens is 4. The van der Waals surface area contributed by atoms with Crippen LogP contribution in [-0.2, 0) is 6.18 Å². The fourth-order valence-electron chi connectivity index (χ4n) is 3.72. The van der Waals surface area contributed by atoms with Gasteiger partial charge >= 0.3 is 6.18 Å². The van der Waals surface area contributed by atoms with Crippen molar-refractivity contribution in [3.05, 3.63) is 67.9 Å². The quantitative estimate of drug-likeness (QED) is 0.386. The lowest BCUT2D eigenvalue weighted by Crippen LogP contribution is -2.40. The fourth-order valence-corrected chi connectivity index (χ4v) is 4.16. The number of aliphatic hydroxyl groups is 2. The summed E-state index contributed by atoms with van der Waals surface area (Å²) >= 11 is 3.31. The number of amides is 1. The Morgan fingerprint density at radius 1 is 1.21 bits per heavy atom. The van der Waals surface area contributed by atoms with Gasteiger partial charge in [0.2, 0.25) is 0 Å². The number of alkyl halides is 3. The third-order valence-corrected chi connectivity index (χ3v) is 5.87. The molecular weight excluding hydrogens is 513 g/mol. The first-order valence-electron chi connectivity index (χ1n) is 9.54. The topological polar surface area (TPSA) is 121 Å². The molecule has 1 aromatic heterocycles. The maximum atomic E-state index is 13.4. The Balaban J connectivity index is 1.94. The zero-order chi connectivity index (χ0) is 24.1. The first-order valence-corrected chi connectivity index (χ1v) is 10.3. The van der Waals surface area contributed by atoms with Crippen molar-refractivity contribution in [1.29, 1.82) is 0 Å². The lowest BCUT2D eigenvalue weighted by atomic mass is 10.0. The molecule has 1 aliphatic heterocycles. The van der Waals surface area contributed by atoms with E-state index in [2.05, 4.69) is 21.2 Å². The Labute approximate surface area is 192 Å². The number of ether oxygens (including phenoxy) is 1. The molecule has 8 nitrogen and oxygen atoms in total. The molecule has 0 aliphatic carbocycles. The zero-order valence-corrected chi connectivity index (χ0v) is 18.1. The summed E-state index contributed by atoms with van der Waals surface area (Å²) in [6.45, 7) is -0.718. The van der Waals surface area contributed by atoms with E-state index in [0.29, 0.717) is 10.0 Å². The van der Waals surface area contributed by atoms with Crippen LogP contribution in [0.5, 0.6) is 11.5 Å². The van der Waals surface area contributed by atoms with Gasteiger partial charge in [-0.3, -0.25) is 14.2 Å². The molecule has 12 heteroatoms. The highest BCUT2D eigenvalue weighted by atomic mass is 79.9. The second kappa shape index (κ2) is 8.36. The smallest absolute Gasteiger partial charge is 0.416 e. The number of hydrogen-bond donors (Lipinski definition) is 4. The van der Waals surface area contributed by atoms with E-state index >= 15 is 0 Å². The van der Waals surface area contributed by atoms with Crippen LogP contribution >= 0.6 is 15.9 Å². The van der Waals surface area contributed by atoms with Crippen molar-refractivity contribution in [2.75, 3.05) is 13.2 Å². The molecule has 1 aliphatic rings. The summed E-state index contributed by atoms with van der Waals surface area (Å²) in [5.74, 6) is -1.46. The van der Waals surface area contributed by atoms with Crippen molar-refractivity contribution in [1.82, 2.24) is 9.88 Å². The summed E-state index contributed by atoms with van der Waals surface area (Å²) in [7, 11) is 0. The van der Waals surface area contributed by atoms with E-state index in [-0.39, 0.29) is 23.3 Å². The first-order chi connectivity index (χ1) is 15.5. The highest BCUT2D eigenvalue weighted by molar-refractivity contribution is 9.10. The number of benzene rings is 2. The van der Waals surface area contributed by atoms with E-state index in [1.807, 2.05) is 0 Å². The van der Waals surface area contributed by atoms with E-state index in [1.165, 1.54) is 22.8 Å². The molecule has 0 spiro atoms. The summed E-state index contributed by atoms with van der Waals surface area (Å²) in [4.78, 5) is 26.0. The molecule has 0 saturated carbocycles. The number of hydrogen-bond acceptors (Lipinski definition) is 6. The van der Waals surface area contributed by atoms with Crippen molar-refractivity contribution in [2.45, 2.75) is 18.5 Å². The molecule has 2 aromatic carbocycles. The number of rotatable bonds is 4. The van der Waals surface area contributed by atoms with Gasteiger partial charge in [-0.05, 0) is 45.8 Å². The highest BCUT2D eigenvalue weighted by Crippen LogP contribution is 2.42. The van der Waals surface area contributed by atoms with Crippen molar-refractivity contribution < 1.29 is 38.0 Å². The summed E-state index contributed by atoms with van der Waals surface area (Å²) in [6.07, 6.45) is -6.42. The summed E-state index contributed by atoms with van der Waals surface area (Å²) < 4.78 is 46.3. The standard InChI is InChI=1S/C21H16BrF3N2O6/c22-12-6-5-11-16-18(12)33-8-13(9-1-3-10(4-2-9)21(23,24)25)27(16)20(32)15(17(11)30)19(31)26-7-14(28)29/h1-6,13-14,28-30H,7-8H2,(H,26,31). The number of aromatic hydroxyl groups is 1. The van der Waals surface area contributed by atoms with E-state index in [0.717, 1.165) is 12.1 Å². The van der Waals surface area contributed by atoms with Gasteiger partial charge in [0.05, 0.1) is 28.1 Å². The number of nitrogens with one attached hydrogen (secondary N) is 1. The van der Waals surface area contributed by atoms with Crippen molar-refractivity contribution in [2.24, 2.45) is 0 Å². The Kier molecular flexibility index (Phi) is 5.85. The molecule has 1 atom stereocenters. The second-order valence-electron chi connectivity index (χ2n) is 7.31. The van der Waals surface area contributed by atoms with Gasteiger partial charge in [0, 0.05) is 5.39 Å². The first kappa shape index (κ1) is 23.1. The molecule has 4 rings (SSSR count). The van der Waals surface area contributed by atoms with Gasteiger partial charge in [0.15, 0.2) is 12.0 Å². The van der Waals surface area contributed by atoms with Gasteiger partial charge in [-0.1, -0.05) is 12.1 Å². The lowest BCUT2D eigenvalue weighted by Gasteiger charge is -2.30. The third kappa shape index (κ3) is 4.05. The third-order valence-electron chi connectivity index (χ3n) is 5.24. The number of carbonyl (C=O) groups is 1. The van der Waals surface area contributed by atoms with Crippen LogP contribution in [0.1, 0.15) is 27.5 Å². The minimum Gasteiger partial charge on any atom is -0.506 e. The molecule has 4 N–H and O–H groups in total.